The number of carbonyl (C=O) groups excluding carboxylic acids is 1. The predicted octanol–water partition coefficient (Wildman–Crippen LogP) is 1.42. The molecule has 0 aromatic rings. The smallest absolute Gasteiger partial charge is 0.333 e. The van der Waals surface area contributed by atoms with Gasteiger partial charge in [-0.3, -0.25) is 0 Å². The maximum atomic E-state index is 11.0. The zero-order valence-electron chi connectivity index (χ0n) is 11.5. The van der Waals surface area contributed by atoms with Crippen molar-refractivity contribution in [2.24, 2.45) is 0 Å². The molecule has 17 heavy (non-hydrogen) atoms. The summed E-state index contributed by atoms with van der Waals surface area (Å²) in [7, 11) is 6.31. The van der Waals surface area contributed by atoms with Crippen LogP contribution < -0.4 is 0 Å². The highest BCUT2D eigenvalue weighted by Gasteiger charge is 2.17. The molecule has 0 amide bonds. The third kappa shape index (κ3) is 7.94. The van der Waals surface area contributed by atoms with Crippen LogP contribution in [-0.4, -0.2) is 57.5 Å². The van der Waals surface area contributed by atoms with Crippen molar-refractivity contribution in [2.75, 3.05) is 41.0 Å². The first-order chi connectivity index (χ1) is 7.75. The van der Waals surface area contributed by atoms with E-state index in [1.54, 1.807) is 6.92 Å². The zero-order valence-corrected chi connectivity index (χ0v) is 11.5. The second kappa shape index (κ2) is 7.45. The van der Waals surface area contributed by atoms with Crippen molar-refractivity contribution < 1.29 is 18.8 Å². The lowest BCUT2D eigenvalue weighted by Gasteiger charge is -2.31. The first-order valence-corrected chi connectivity index (χ1v) is 5.79. The van der Waals surface area contributed by atoms with E-state index in [0.29, 0.717) is 24.8 Å². The summed E-state index contributed by atoms with van der Waals surface area (Å²) < 4.78 is 11.1. The average Bonchev–Trinajstić information content (AvgIpc) is 2.20. The summed E-state index contributed by atoms with van der Waals surface area (Å²) in [6, 6.07) is 0.299. The summed E-state index contributed by atoms with van der Waals surface area (Å²) in [5, 5.41) is 0. The van der Waals surface area contributed by atoms with Crippen LogP contribution in [0.2, 0.25) is 0 Å². The summed E-state index contributed by atoms with van der Waals surface area (Å²) in [6.07, 6.45) is 0.887. The number of carbonyl (C=O) groups is 1. The normalized spacial score (nSPS) is 13.2. The van der Waals surface area contributed by atoms with E-state index in [-0.39, 0.29) is 12.6 Å². The summed E-state index contributed by atoms with van der Waals surface area (Å²) in [5.74, 6) is -0.366. The number of ether oxygens (including phenoxy) is 2. The lowest BCUT2D eigenvalue weighted by molar-refractivity contribution is -0.890. The molecule has 0 aliphatic heterocycles. The monoisotopic (exact) mass is 243 g/mol. The Kier molecular flexibility index (Phi) is 7.07. The molecule has 0 heterocycles. The van der Waals surface area contributed by atoms with Gasteiger partial charge in [-0.25, -0.2) is 4.79 Å². The van der Waals surface area contributed by atoms with Crippen LogP contribution in [0.4, 0.5) is 0 Å². The lowest BCUT2D eigenvalue weighted by Crippen LogP contribution is -2.43. The van der Waals surface area contributed by atoms with E-state index in [1.807, 2.05) is 0 Å². The van der Waals surface area contributed by atoms with Crippen molar-refractivity contribution in [3.8, 4) is 0 Å². The molecule has 0 saturated carbocycles. The lowest BCUT2D eigenvalue weighted by atomic mass is 10.2. The molecule has 0 rings (SSSR count). The molecule has 1 unspecified atom stereocenters. The molecule has 0 aliphatic carbocycles. The molecular weight excluding hydrogens is 218 g/mol. The fourth-order valence-corrected chi connectivity index (χ4v) is 1.03. The number of nitrogens with zero attached hydrogens (tertiary/aromatic N) is 1. The molecule has 99 valence electrons. The Morgan fingerprint density at radius 2 is 1.82 bits per heavy atom. The molecule has 0 bridgehead atoms. The molecule has 0 saturated heterocycles. The topological polar surface area (TPSA) is 35.5 Å². The molecular formula is C13H25NO3+. The highest BCUT2D eigenvalue weighted by atomic mass is 16.6. The summed E-state index contributed by atoms with van der Waals surface area (Å²) >= 11 is 0. The summed E-state index contributed by atoms with van der Waals surface area (Å²) in [4.78, 5) is 11.0. The molecule has 0 aromatic heterocycles. The third-order valence-electron chi connectivity index (χ3n) is 2.50. The Morgan fingerprint density at radius 3 is 2.29 bits per heavy atom. The molecule has 0 N–H and O–H groups in total. The predicted molar refractivity (Wildman–Crippen MR) is 68.4 cm³/mol. The molecule has 4 heteroatoms. The molecule has 0 aromatic carbocycles. The van der Waals surface area contributed by atoms with E-state index in [0.717, 1.165) is 10.9 Å². The van der Waals surface area contributed by atoms with Gasteiger partial charge in [-0.15, -0.1) is 0 Å². The van der Waals surface area contributed by atoms with Crippen LogP contribution in [0.15, 0.2) is 12.2 Å². The van der Waals surface area contributed by atoms with Crippen LogP contribution >= 0.6 is 0 Å². The number of rotatable bonds is 8. The van der Waals surface area contributed by atoms with E-state index >= 15 is 0 Å². The Bertz CT molecular complexity index is 256. The van der Waals surface area contributed by atoms with Gasteiger partial charge < -0.3 is 14.0 Å². The van der Waals surface area contributed by atoms with Crippen LogP contribution in [0.3, 0.4) is 0 Å². The van der Waals surface area contributed by atoms with Gasteiger partial charge in [-0.1, -0.05) is 6.58 Å². The largest absolute Gasteiger partial charge is 0.460 e. The Balaban J connectivity index is 3.48. The highest BCUT2D eigenvalue weighted by molar-refractivity contribution is 5.86. The van der Waals surface area contributed by atoms with E-state index in [2.05, 4.69) is 34.6 Å². The summed E-state index contributed by atoms with van der Waals surface area (Å²) in [5.41, 5.74) is 0.410. The molecule has 0 spiro atoms. The fourth-order valence-electron chi connectivity index (χ4n) is 1.03. The van der Waals surface area contributed by atoms with Crippen molar-refractivity contribution in [3.05, 3.63) is 19.1 Å². The Labute approximate surface area is 105 Å². The van der Waals surface area contributed by atoms with Crippen molar-refractivity contribution in [3.63, 3.8) is 0 Å². The van der Waals surface area contributed by atoms with Crippen molar-refractivity contribution in [1.29, 1.82) is 0 Å². The van der Waals surface area contributed by atoms with Gasteiger partial charge in [0.1, 0.15) is 6.61 Å². The Hall–Kier alpha value is -0.870. The minimum absolute atomic E-state index is 0.276. The minimum Gasteiger partial charge on any atom is -0.460 e. The first-order valence-electron chi connectivity index (χ1n) is 5.79. The quantitative estimate of drug-likeness (QED) is 0.280. The standard InChI is InChI=1S/C13H25NO3/c1-11(2)13(15)17-10-9-16-8-7-12(3)14(4,5)6/h12H,1,3,7-10H2,2,4-6H3/q+1. The van der Waals surface area contributed by atoms with E-state index in [1.165, 1.54) is 0 Å². The second-order valence-corrected chi connectivity index (χ2v) is 5.09. The first kappa shape index (κ1) is 16.1. The fraction of sp³-hybridized carbons (Fsp3) is 0.692. The van der Waals surface area contributed by atoms with Gasteiger partial charge >= 0.3 is 5.97 Å². The maximum absolute atomic E-state index is 11.0. The number of hydrogen-bond donors (Lipinski definition) is 0. The van der Waals surface area contributed by atoms with Crippen molar-refractivity contribution in [1.82, 2.24) is 0 Å². The van der Waals surface area contributed by atoms with E-state index in [4.69, 9.17) is 9.47 Å². The molecule has 1 atom stereocenters. The van der Waals surface area contributed by atoms with Crippen LogP contribution in [-0.2, 0) is 14.3 Å². The number of esters is 1. The maximum Gasteiger partial charge on any atom is 0.333 e. The van der Waals surface area contributed by atoms with Gasteiger partial charge in [0.2, 0.25) is 0 Å². The van der Waals surface area contributed by atoms with Crippen LogP contribution in [0.25, 0.3) is 0 Å². The molecule has 4 nitrogen and oxygen atoms in total. The molecule has 1 radical (unpaired) electrons. The second-order valence-electron chi connectivity index (χ2n) is 5.09. The van der Waals surface area contributed by atoms with Crippen LogP contribution in [0.5, 0.6) is 0 Å². The molecule has 0 aliphatic rings. The Morgan fingerprint density at radius 1 is 1.24 bits per heavy atom. The van der Waals surface area contributed by atoms with Crippen molar-refractivity contribution >= 4 is 5.97 Å². The van der Waals surface area contributed by atoms with Gasteiger partial charge in [0.05, 0.1) is 40.4 Å². The molecule has 0 fully saturated rings. The zero-order chi connectivity index (χ0) is 13.5. The number of quaternary nitrogens is 1. The van der Waals surface area contributed by atoms with E-state index in [9.17, 15) is 4.79 Å². The van der Waals surface area contributed by atoms with Gasteiger partial charge in [0, 0.05) is 18.9 Å². The minimum atomic E-state index is -0.366. The van der Waals surface area contributed by atoms with Gasteiger partial charge in [-0.05, 0) is 6.92 Å². The third-order valence-corrected chi connectivity index (χ3v) is 2.50. The average molecular weight is 243 g/mol. The van der Waals surface area contributed by atoms with Crippen LogP contribution in [0.1, 0.15) is 13.3 Å². The number of hydrogen-bond acceptors (Lipinski definition) is 3. The van der Waals surface area contributed by atoms with Gasteiger partial charge in [0.25, 0.3) is 0 Å². The SMILES string of the molecule is [CH2]C(CCOCCOC(=O)C(=C)C)[N+](C)(C)C. The van der Waals surface area contributed by atoms with E-state index < -0.39 is 0 Å². The summed E-state index contributed by atoms with van der Waals surface area (Å²) in [6.45, 7) is 10.5. The highest BCUT2D eigenvalue weighted by Crippen LogP contribution is 2.05. The van der Waals surface area contributed by atoms with Gasteiger partial charge in [-0.2, -0.15) is 0 Å². The van der Waals surface area contributed by atoms with Crippen molar-refractivity contribution in [2.45, 2.75) is 19.4 Å². The van der Waals surface area contributed by atoms with Crippen LogP contribution in [0, 0.1) is 6.92 Å². The van der Waals surface area contributed by atoms with Gasteiger partial charge in [0.15, 0.2) is 0 Å².